The molecule has 8 nitrogen and oxygen atoms in total. The van der Waals surface area contributed by atoms with E-state index in [1.807, 2.05) is 29.2 Å². The number of pyridine rings is 1. The van der Waals surface area contributed by atoms with E-state index in [0.717, 1.165) is 24.3 Å². The summed E-state index contributed by atoms with van der Waals surface area (Å²) in [6.45, 7) is 3.18. The minimum absolute atomic E-state index is 0.0617. The summed E-state index contributed by atoms with van der Waals surface area (Å²) in [7, 11) is 4.79. The normalized spacial score (nSPS) is 13.8. The Kier molecular flexibility index (Phi) is 6.41. The number of hydrogen-bond acceptors (Lipinski definition) is 6. The van der Waals surface area contributed by atoms with E-state index in [4.69, 9.17) is 14.2 Å². The number of urea groups is 1. The van der Waals surface area contributed by atoms with Crippen molar-refractivity contribution in [2.24, 2.45) is 0 Å². The molecule has 1 aromatic heterocycles. The Morgan fingerprint density at radius 3 is 2.29 bits per heavy atom. The van der Waals surface area contributed by atoms with E-state index in [1.165, 1.54) is 0 Å². The molecule has 0 atom stereocenters. The number of rotatable bonds is 6. The quantitative estimate of drug-likeness (QED) is 0.820. The van der Waals surface area contributed by atoms with Crippen LogP contribution in [-0.4, -0.2) is 63.4 Å². The summed E-state index contributed by atoms with van der Waals surface area (Å²) in [6, 6.07) is 7.60. The number of amides is 2. The standard InChI is InChI=1S/C20H26N4O4/c1-26-17-11-16(12-18(27-2)19(17)28-3)23-7-9-24(10-8-23)20(25)22-14-15-5-4-6-21-13-15/h4-6,11-13H,7-10,14H2,1-3H3,(H,22,25). The fourth-order valence-electron chi connectivity index (χ4n) is 3.21. The molecule has 0 saturated carbocycles. The molecule has 2 amide bonds. The lowest BCUT2D eigenvalue weighted by Gasteiger charge is -2.36. The zero-order chi connectivity index (χ0) is 19.9. The van der Waals surface area contributed by atoms with E-state index in [0.29, 0.717) is 36.9 Å². The second-order valence-corrected chi connectivity index (χ2v) is 6.38. The highest BCUT2D eigenvalue weighted by Gasteiger charge is 2.23. The highest BCUT2D eigenvalue weighted by atomic mass is 16.5. The first kappa shape index (κ1) is 19.6. The maximum Gasteiger partial charge on any atom is 0.317 e. The second-order valence-electron chi connectivity index (χ2n) is 6.38. The van der Waals surface area contributed by atoms with E-state index in [2.05, 4.69) is 15.2 Å². The maximum atomic E-state index is 12.4. The predicted octanol–water partition coefficient (Wildman–Crippen LogP) is 2.14. The van der Waals surface area contributed by atoms with Gasteiger partial charge in [-0.15, -0.1) is 0 Å². The molecule has 2 heterocycles. The van der Waals surface area contributed by atoms with Crippen LogP contribution < -0.4 is 24.4 Å². The molecule has 0 aliphatic carbocycles. The third kappa shape index (κ3) is 4.39. The van der Waals surface area contributed by atoms with E-state index in [1.54, 1.807) is 33.7 Å². The van der Waals surface area contributed by atoms with Gasteiger partial charge in [-0.25, -0.2) is 4.79 Å². The van der Waals surface area contributed by atoms with Crippen molar-refractivity contribution < 1.29 is 19.0 Å². The number of aromatic nitrogens is 1. The molecule has 3 rings (SSSR count). The van der Waals surface area contributed by atoms with Gasteiger partial charge in [0, 0.05) is 62.9 Å². The fraction of sp³-hybridized carbons (Fsp3) is 0.400. The number of methoxy groups -OCH3 is 3. The van der Waals surface area contributed by atoms with Gasteiger partial charge in [0.05, 0.1) is 21.3 Å². The summed E-state index contributed by atoms with van der Waals surface area (Å²) in [6.07, 6.45) is 3.47. The number of nitrogens with one attached hydrogen (secondary N) is 1. The topological polar surface area (TPSA) is 76.2 Å². The molecule has 1 aliphatic heterocycles. The average Bonchev–Trinajstić information content (AvgIpc) is 2.77. The summed E-state index contributed by atoms with van der Waals surface area (Å²) in [5.41, 5.74) is 1.96. The lowest BCUT2D eigenvalue weighted by molar-refractivity contribution is 0.194. The Bertz CT molecular complexity index is 767. The molecule has 28 heavy (non-hydrogen) atoms. The number of piperazine rings is 1. The number of nitrogens with zero attached hydrogens (tertiary/aromatic N) is 3. The highest BCUT2D eigenvalue weighted by molar-refractivity contribution is 5.74. The molecular weight excluding hydrogens is 360 g/mol. The van der Waals surface area contributed by atoms with Gasteiger partial charge < -0.3 is 29.3 Å². The molecule has 1 aliphatic rings. The van der Waals surface area contributed by atoms with Crippen LogP contribution in [0.15, 0.2) is 36.7 Å². The number of benzene rings is 1. The lowest BCUT2D eigenvalue weighted by atomic mass is 10.2. The molecule has 0 radical (unpaired) electrons. The van der Waals surface area contributed by atoms with E-state index < -0.39 is 0 Å². The molecule has 1 fully saturated rings. The third-order valence-corrected chi connectivity index (χ3v) is 4.75. The molecular formula is C20H26N4O4. The number of carbonyl (C=O) groups excluding carboxylic acids is 1. The highest BCUT2D eigenvalue weighted by Crippen LogP contribution is 2.41. The van der Waals surface area contributed by atoms with Crippen LogP contribution in [0.5, 0.6) is 17.2 Å². The molecule has 150 valence electrons. The molecule has 1 aromatic carbocycles. The molecule has 0 bridgehead atoms. The Morgan fingerprint density at radius 1 is 1.07 bits per heavy atom. The third-order valence-electron chi connectivity index (χ3n) is 4.75. The second kappa shape index (κ2) is 9.16. The summed E-state index contributed by atoms with van der Waals surface area (Å²) < 4.78 is 16.2. The van der Waals surface area contributed by atoms with Gasteiger partial charge in [0.15, 0.2) is 11.5 Å². The first-order valence-corrected chi connectivity index (χ1v) is 9.13. The lowest BCUT2D eigenvalue weighted by Crippen LogP contribution is -2.51. The first-order chi connectivity index (χ1) is 13.7. The number of ether oxygens (including phenoxy) is 3. The Balaban J connectivity index is 1.59. The van der Waals surface area contributed by atoms with Gasteiger partial charge >= 0.3 is 6.03 Å². The number of anilines is 1. The fourth-order valence-corrected chi connectivity index (χ4v) is 3.21. The van der Waals surface area contributed by atoms with Crippen LogP contribution in [0.4, 0.5) is 10.5 Å². The Hall–Kier alpha value is -3.16. The Labute approximate surface area is 165 Å². The monoisotopic (exact) mass is 386 g/mol. The van der Waals surface area contributed by atoms with Gasteiger partial charge in [0.2, 0.25) is 5.75 Å². The molecule has 0 unspecified atom stereocenters. The van der Waals surface area contributed by atoms with Crippen LogP contribution >= 0.6 is 0 Å². The van der Waals surface area contributed by atoms with Crippen molar-refractivity contribution in [2.45, 2.75) is 6.54 Å². The van der Waals surface area contributed by atoms with Gasteiger partial charge in [-0.05, 0) is 11.6 Å². The van der Waals surface area contributed by atoms with Crippen molar-refractivity contribution in [1.82, 2.24) is 15.2 Å². The summed E-state index contributed by atoms with van der Waals surface area (Å²) in [4.78, 5) is 20.5. The minimum Gasteiger partial charge on any atom is -0.493 e. The molecule has 1 N–H and O–H groups in total. The predicted molar refractivity (Wildman–Crippen MR) is 106 cm³/mol. The maximum absolute atomic E-state index is 12.4. The summed E-state index contributed by atoms with van der Waals surface area (Å²) >= 11 is 0. The van der Waals surface area contributed by atoms with Crippen molar-refractivity contribution in [1.29, 1.82) is 0 Å². The van der Waals surface area contributed by atoms with Gasteiger partial charge in [-0.3, -0.25) is 4.98 Å². The van der Waals surface area contributed by atoms with Crippen LogP contribution in [0.25, 0.3) is 0 Å². The van der Waals surface area contributed by atoms with Crippen LogP contribution in [0.2, 0.25) is 0 Å². The van der Waals surface area contributed by atoms with Crippen molar-refractivity contribution in [2.75, 3.05) is 52.4 Å². The van der Waals surface area contributed by atoms with E-state index >= 15 is 0 Å². The van der Waals surface area contributed by atoms with Crippen LogP contribution in [0.3, 0.4) is 0 Å². The van der Waals surface area contributed by atoms with Crippen LogP contribution in [-0.2, 0) is 6.54 Å². The largest absolute Gasteiger partial charge is 0.493 e. The molecule has 1 saturated heterocycles. The zero-order valence-electron chi connectivity index (χ0n) is 16.5. The minimum atomic E-state index is -0.0617. The van der Waals surface area contributed by atoms with Gasteiger partial charge in [0.25, 0.3) is 0 Å². The Morgan fingerprint density at radius 2 is 1.75 bits per heavy atom. The summed E-state index contributed by atoms with van der Waals surface area (Å²) in [5, 5.41) is 2.95. The SMILES string of the molecule is COc1cc(N2CCN(C(=O)NCc3cccnc3)CC2)cc(OC)c1OC. The molecule has 8 heteroatoms. The number of carbonyl (C=O) groups is 1. The smallest absolute Gasteiger partial charge is 0.317 e. The molecule has 2 aromatic rings. The average molecular weight is 386 g/mol. The van der Waals surface area contributed by atoms with Gasteiger partial charge in [0.1, 0.15) is 0 Å². The van der Waals surface area contributed by atoms with Gasteiger partial charge in [-0.1, -0.05) is 6.07 Å². The summed E-state index contributed by atoms with van der Waals surface area (Å²) in [5.74, 6) is 1.81. The van der Waals surface area contributed by atoms with Crippen molar-refractivity contribution in [3.8, 4) is 17.2 Å². The van der Waals surface area contributed by atoms with Crippen molar-refractivity contribution >= 4 is 11.7 Å². The van der Waals surface area contributed by atoms with E-state index in [9.17, 15) is 4.79 Å². The zero-order valence-corrected chi connectivity index (χ0v) is 16.5. The number of hydrogen-bond donors (Lipinski definition) is 1. The van der Waals surface area contributed by atoms with Crippen molar-refractivity contribution in [3.63, 3.8) is 0 Å². The van der Waals surface area contributed by atoms with Crippen LogP contribution in [0, 0.1) is 0 Å². The molecule has 0 spiro atoms. The van der Waals surface area contributed by atoms with Gasteiger partial charge in [-0.2, -0.15) is 0 Å². The van der Waals surface area contributed by atoms with E-state index in [-0.39, 0.29) is 6.03 Å². The first-order valence-electron chi connectivity index (χ1n) is 9.13. The van der Waals surface area contributed by atoms with Crippen LogP contribution in [0.1, 0.15) is 5.56 Å². The van der Waals surface area contributed by atoms with Crippen molar-refractivity contribution in [3.05, 3.63) is 42.2 Å².